The third-order valence-electron chi connectivity index (χ3n) is 4.97. The van der Waals surface area contributed by atoms with Crippen molar-refractivity contribution in [2.75, 3.05) is 6.61 Å². The lowest BCUT2D eigenvalue weighted by Gasteiger charge is -2.08. The molecule has 0 bridgehead atoms. The third kappa shape index (κ3) is 7.04. The molecule has 0 aliphatic carbocycles. The predicted octanol–water partition coefficient (Wildman–Crippen LogP) is 7.27. The van der Waals surface area contributed by atoms with Crippen LogP contribution in [0.4, 0.5) is 0 Å². The van der Waals surface area contributed by atoms with Gasteiger partial charge in [0, 0.05) is 5.56 Å². The number of benzene rings is 2. The fraction of sp³-hybridized carbons (Fsp3) is 0.375. The number of H-pyrrole nitrogens is 1. The molecule has 0 unspecified atom stereocenters. The SMILES string of the molecule is CCCCCCCCCOc1ccc(/C=N\n2c(-c3ccccc3)n[nH]c2=S)cc1Cl. The van der Waals surface area contributed by atoms with Crippen molar-refractivity contribution in [1.29, 1.82) is 0 Å². The van der Waals surface area contributed by atoms with Crippen molar-refractivity contribution in [3.63, 3.8) is 0 Å². The molecule has 7 heteroatoms. The smallest absolute Gasteiger partial charge is 0.216 e. The lowest BCUT2D eigenvalue weighted by Crippen LogP contribution is -1.99. The summed E-state index contributed by atoms with van der Waals surface area (Å²) in [6.45, 7) is 2.93. The molecule has 5 nitrogen and oxygen atoms in total. The minimum absolute atomic E-state index is 0.427. The second-order valence-corrected chi connectivity index (χ2v) is 8.23. The fourth-order valence-electron chi connectivity index (χ4n) is 3.25. The number of rotatable bonds is 12. The minimum atomic E-state index is 0.427. The van der Waals surface area contributed by atoms with Gasteiger partial charge in [0.2, 0.25) is 4.77 Å². The first-order valence-corrected chi connectivity index (χ1v) is 11.7. The van der Waals surface area contributed by atoms with Crippen LogP contribution < -0.4 is 4.74 Å². The van der Waals surface area contributed by atoms with Crippen LogP contribution in [0, 0.1) is 4.77 Å². The molecular formula is C24H29ClN4OS. The van der Waals surface area contributed by atoms with Crippen LogP contribution in [0.1, 0.15) is 57.4 Å². The van der Waals surface area contributed by atoms with Crippen molar-refractivity contribution < 1.29 is 4.74 Å². The number of halogens is 1. The normalized spacial score (nSPS) is 11.3. The molecule has 0 aliphatic rings. The molecule has 3 rings (SSSR count). The molecule has 0 saturated carbocycles. The summed E-state index contributed by atoms with van der Waals surface area (Å²) in [6, 6.07) is 15.4. The monoisotopic (exact) mass is 456 g/mol. The highest BCUT2D eigenvalue weighted by atomic mass is 35.5. The van der Waals surface area contributed by atoms with E-state index in [0.29, 0.717) is 28.0 Å². The first-order chi connectivity index (χ1) is 15.2. The van der Waals surface area contributed by atoms with Gasteiger partial charge >= 0.3 is 0 Å². The highest BCUT2D eigenvalue weighted by Gasteiger charge is 2.07. The van der Waals surface area contributed by atoms with E-state index in [1.165, 1.54) is 38.5 Å². The van der Waals surface area contributed by atoms with E-state index in [4.69, 9.17) is 28.6 Å². The van der Waals surface area contributed by atoms with Gasteiger partial charge < -0.3 is 4.74 Å². The van der Waals surface area contributed by atoms with Gasteiger partial charge in [-0.2, -0.15) is 14.9 Å². The van der Waals surface area contributed by atoms with Crippen LogP contribution in [0.2, 0.25) is 5.02 Å². The number of ether oxygens (including phenoxy) is 1. The van der Waals surface area contributed by atoms with E-state index in [2.05, 4.69) is 22.2 Å². The van der Waals surface area contributed by atoms with Gasteiger partial charge in [-0.05, 0) is 42.4 Å². The van der Waals surface area contributed by atoms with Crippen molar-refractivity contribution in [1.82, 2.24) is 14.9 Å². The topological polar surface area (TPSA) is 55.2 Å². The molecule has 0 radical (unpaired) electrons. The molecule has 1 N–H and O–H groups in total. The van der Waals surface area contributed by atoms with E-state index < -0.39 is 0 Å². The molecule has 0 fully saturated rings. The summed E-state index contributed by atoms with van der Waals surface area (Å²) in [5, 5.41) is 12.2. The van der Waals surface area contributed by atoms with Gasteiger partial charge in [-0.25, -0.2) is 5.10 Å². The zero-order valence-electron chi connectivity index (χ0n) is 17.9. The maximum Gasteiger partial charge on any atom is 0.216 e. The standard InChI is InChI=1S/C24H29ClN4OS/c1-2-3-4-5-6-7-11-16-30-22-15-14-19(17-21(22)25)18-26-29-23(27-28-24(29)31)20-12-9-8-10-13-20/h8-10,12-15,17-18H,2-7,11,16H2,1H3,(H,28,31)/b26-18-. The number of hydrogen-bond donors (Lipinski definition) is 1. The Morgan fingerprint density at radius 2 is 1.81 bits per heavy atom. The number of unbranched alkanes of at least 4 members (excludes halogenated alkanes) is 6. The quantitative estimate of drug-likeness (QED) is 0.177. The summed E-state index contributed by atoms with van der Waals surface area (Å²) in [5.74, 6) is 1.36. The fourth-order valence-corrected chi connectivity index (χ4v) is 3.68. The molecule has 0 spiro atoms. The maximum atomic E-state index is 6.41. The molecule has 164 valence electrons. The Kier molecular flexibility index (Phi) is 9.31. The summed E-state index contributed by atoms with van der Waals surface area (Å²) in [6.07, 6.45) is 10.5. The minimum Gasteiger partial charge on any atom is -0.492 e. The van der Waals surface area contributed by atoms with Gasteiger partial charge in [0.1, 0.15) is 5.75 Å². The van der Waals surface area contributed by atoms with Gasteiger partial charge in [0.05, 0.1) is 17.8 Å². The average molecular weight is 457 g/mol. The van der Waals surface area contributed by atoms with Crippen molar-refractivity contribution in [3.8, 4) is 17.1 Å². The number of nitrogens with one attached hydrogen (secondary N) is 1. The Morgan fingerprint density at radius 1 is 1.06 bits per heavy atom. The van der Waals surface area contributed by atoms with Crippen molar-refractivity contribution in [3.05, 3.63) is 63.9 Å². The van der Waals surface area contributed by atoms with Gasteiger partial charge in [0.15, 0.2) is 5.82 Å². The van der Waals surface area contributed by atoms with Gasteiger partial charge in [-0.1, -0.05) is 87.4 Å². The highest BCUT2D eigenvalue weighted by molar-refractivity contribution is 7.71. The van der Waals surface area contributed by atoms with Gasteiger partial charge in [0.25, 0.3) is 0 Å². The first kappa shape index (κ1) is 23.2. The molecule has 31 heavy (non-hydrogen) atoms. The largest absolute Gasteiger partial charge is 0.492 e. The number of hydrogen-bond acceptors (Lipinski definition) is 4. The second kappa shape index (κ2) is 12.4. The van der Waals surface area contributed by atoms with Gasteiger partial charge in [-0.15, -0.1) is 0 Å². The number of aromatic amines is 1. The molecule has 0 aliphatic heterocycles. The third-order valence-corrected chi connectivity index (χ3v) is 5.53. The molecule has 1 heterocycles. The van der Waals surface area contributed by atoms with E-state index in [-0.39, 0.29) is 0 Å². The number of aromatic nitrogens is 3. The van der Waals surface area contributed by atoms with Crippen molar-refractivity contribution in [2.45, 2.75) is 51.9 Å². The predicted molar refractivity (Wildman–Crippen MR) is 131 cm³/mol. The molecule has 3 aromatic rings. The average Bonchev–Trinajstić information content (AvgIpc) is 3.16. The van der Waals surface area contributed by atoms with Crippen LogP contribution in [0.25, 0.3) is 11.4 Å². The molecular weight excluding hydrogens is 428 g/mol. The van der Waals surface area contributed by atoms with E-state index in [9.17, 15) is 0 Å². The summed E-state index contributed by atoms with van der Waals surface area (Å²) in [5.41, 5.74) is 1.79. The Balaban J connectivity index is 1.56. The lowest BCUT2D eigenvalue weighted by molar-refractivity contribution is 0.304. The summed E-state index contributed by atoms with van der Waals surface area (Å²) in [7, 11) is 0. The van der Waals surface area contributed by atoms with Crippen molar-refractivity contribution >= 4 is 30.0 Å². The molecule has 0 atom stereocenters. The molecule has 0 saturated heterocycles. The van der Waals surface area contributed by atoms with Crippen LogP contribution in [-0.2, 0) is 0 Å². The second-order valence-electron chi connectivity index (χ2n) is 7.43. The molecule has 2 aromatic carbocycles. The van der Waals surface area contributed by atoms with E-state index in [0.717, 1.165) is 17.5 Å². The Hall–Kier alpha value is -2.44. The summed E-state index contributed by atoms with van der Waals surface area (Å²) >= 11 is 11.7. The number of nitrogens with zero attached hydrogens (tertiary/aromatic N) is 3. The van der Waals surface area contributed by atoms with E-state index >= 15 is 0 Å². The van der Waals surface area contributed by atoms with E-state index in [1.807, 2.05) is 48.5 Å². The summed E-state index contributed by atoms with van der Waals surface area (Å²) < 4.78 is 7.88. The molecule has 0 amide bonds. The van der Waals surface area contributed by atoms with Crippen LogP contribution in [0.3, 0.4) is 0 Å². The Labute approximate surface area is 194 Å². The molecule has 1 aromatic heterocycles. The van der Waals surface area contributed by atoms with Crippen molar-refractivity contribution in [2.24, 2.45) is 5.10 Å². The highest BCUT2D eigenvalue weighted by Crippen LogP contribution is 2.25. The van der Waals surface area contributed by atoms with E-state index in [1.54, 1.807) is 10.9 Å². The van der Waals surface area contributed by atoms with Crippen LogP contribution in [0.15, 0.2) is 53.6 Å². The summed E-state index contributed by atoms with van der Waals surface area (Å²) in [4.78, 5) is 0. The lowest BCUT2D eigenvalue weighted by atomic mass is 10.1. The van der Waals surface area contributed by atoms with Crippen LogP contribution >= 0.6 is 23.8 Å². The first-order valence-electron chi connectivity index (χ1n) is 10.9. The maximum absolute atomic E-state index is 6.41. The Bertz CT molecular complexity index is 1030. The van der Waals surface area contributed by atoms with Crippen LogP contribution in [-0.4, -0.2) is 27.7 Å². The van der Waals surface area contributed by atoms with Gasteiger partial charge in [-0.3, -0.25) is 0 Å². The van der Waals surface area contributed by atoms with Crippen LogP contribution in [0.5, 0.6) is 5.75 Å². The zero-order chi connectivity index (χ0) is 21.9. The Morgan fingerprint density at radius 3 is 2.55 bits per heavy atom. The zero-order valence-corrected chi connectivity index (χ0v) is 19.5.